The average Bonchev–Trinajstić information content (AvgIpc) is 0.809. The van der Waals surface area contributed by atoms with Gasteiger partial charge in [-0.3, -0.25) is 33.1 Å². The zero-order chi connectivity index (χ0) is 66.4. The van der Waals surface area contributed by atoms with Crippen LogP contribution in [0.5, 0.6) is 23.0 Å². The Kier molecular flexibility index (Phi) is 28.0. The monoisotopic (exact) mass is 1300 g/mol. The summed E-state index contributed by atoms with van der Waals surface area (Å²) in [6, 6.07) is 60.5. The summed E-state index contributed by atoms with van der Waals surface area (Å²) in [7, 11) is -7.14. The van der Waals surface area contributed by atoms with Crippen LogP contribution in [0.4, 0.5) is 11.4 Å². The predicted octanol–water partition coefficient (Wildman–Crippen LogP) is 12.0. The van der Waals surface area contributed by atoms with E-state index < -0.39 is 33.0 Å². The molecule has 0 aliphatic rings. The van der Waals surface area contributed by atoms with E-state index >= 15 is 0 Å². The van der Waals surface area contributed by atoms with Crippen LogP contribution in [0.1, 0.15) is 119 Å². The molecule has 20 heteroatoms. The lowest BCUT2D eigenvalue weighted by molar-refractivity contribution is -0.126. The first-order valence-corrected chi connectivity index (χ1v) is 34.5. The highest BCUT2D eigenvalue weighted by Gasteiger charge is 2.33. The minimum Gasteiger partial charge on any atom is -0.493 e. The summed E-state index contributed by atoms with van der Waals surface area (Å²) in [5.74, 6) is 0.356. The van der Waals surface area contributed by atoms with Gasteiger partial charge in [0, 0.05) is 30.8 Å². The van der Waals surface area contributed by atoms with Gasteiger partial charge in [0.1, 0.15) is 23.3 Å². The molecular weight excluding hydrogens is 1220 g/mol. The molecule has 18 nitrogen and oxygen atoms in total. The van der Waals surface area contributed by atoms with Gasteiger partial charge in [0.15, 0.2) is 5.75 Å². The zero-order valence-corrected chi connectivity index (χ0v) is 54.7. The number of aliphatic hydroxyl groups excluding tert-OH is 2. The van der Waals surface area contributed by atoms with Crippen LogP contribution in [-0.2, 0) is 28.3 Å². The van der Waals surface area contributed by atoms with E-state index in [1.807, 2.05) is 62.4 Å². The Balaban J connectivity index is 0.000000268. The fourth-order valence-corrected chi connectivity index (χ4v) is 13.5. The van der Waals surface area contributed by atoms with Crippen LogP contribution in [0.3, 0.4) is 0 Å². The smallest absolute Gasteiger partial charge is 0.306 e. The number of hydrogen-bond donors (Lipinski definition) is 7. The lowest BCUT2D eigenvalue weighted by atomic mass is 10.1. The number of nitrogens with one attached hydrogen (secondary N) is 5. The fraction of sp³-hybridized carbons (Fsp3) is 0.274. The van der Waals surface area contributed by atoms with Crippen molar-refractivity contribution < 1.29 is 61.8 Å². The summed E-state index contributed by atoms with van der Waals surface area (Å²) < 4.78 is 52.7. The first-order valence-electron chi connectivity index (χ1n) is 31.3. The van der Waals surface area contributed by atoms with E-state index in [9.17, 15) is 43.3 Å². The molecule has 0 saturated carbocycles. The number of carbonyl (C=O) groups is 5. The second kappa shape index (κ2) is 36.7. The van der Waals surface area contributed by atoms with E-state index in [4.69, 9.17) is 18.5 Å². The number of ether oxygens (including phenoxy) is 2. The summed E-state index contributed by atoms with van der Waals surface area (Å²) in [4.78, 5) is 64.0. The standard InChI is InChI=1S/C40H48N3O7P.C33H35N2O6P/c1-3-4-18-39(46)43-37(17-11-12-28-41-38(45)27-29-49-33-23-19-31(20-24-33)30(2)44)40(47)42-32-21-25-34(26-22-32)50-51(48,35-13-7-5-8-14-35)36-15-9-6-10-16-36;1-3-21-34-33(38)26-16-19-30(35-32(37)20-22-40-27-17-14-25(15-18-27)24(2)36)31(23-26)41-42(39,28-10-6-4-7-11-28)29-12-8-5-9-13-29/h5-10,13-16,19-26,30,37,44H,3-4,11-12,17-18,27-29H2,1-2H3,(H,41,45)(H,42,47)(H,43,46);4-19,23-24,36H,3,20-22H2,1-2H3,(H,34,38)(H,35,37). The van der Waals surface area contributed by atoms with Gasteiger partial charge in [-0.25, -0.2) is 0 Å². The molecular formula is C73H83N5O13P2. The second-order valence-corrected chi connectivity index (χ2v) is 26.5. The Morgan fingerprint density at radius 1 is 0.462 bits per heavy atom. The highest BCUT2D eigenvalue weighted by Crippen LogP contribution is 2.48. The van der Waals surface area contributed by atoms with Gasteiger partial charge in [0.2, 0.25) is 23.6 Å². The third-order valence-electron chi connectivity index (χ3n) is 14.6. The summed E-state index contributed by atoms with van der Waals surface area (Å²) >= 11 is 0. The van der Waals surface area contributed by atoms with Crippen LogP contribution >= 0.6 is 14.7 Å². The third-order valence-corrected chi connectivity index (χ3v) is 19.4. The molecule has 0 aliphatic heterocycles. The predicted molar refractivity (Wildman–Crippen MR) is 366 cm³/mol. The third kappa shape index (κ3) is 22.2. The van der Waals surface area contributed by atoms with Crippen LogP contribution in [-0.4, -0.2) is 72.1 Å². The average molecular weight is 1300 g/mol. The molecule has 7 N–H and O–H groups in total. The molecule has 5 amide bonds. The first kappa shape index (κ1) is 71.1. The van der Waals surface area contributed by atoms with Crippen molar-refractivity contribution in [2.45, 2.75) is 104 Å². The molecule has 93 heavy (non-hydrogen) atoms. The van der Waals surface area contributed by atoms with Crippen molar-refractivity contribution >= 4 is 76.9 Å². The molecule has 8 aromatic carbocycles. The van der Waals surface area contributed by atoms with Gasteiger partial charge in [-0.1, -0.05) is 117 Å². The van der Waals surface area contributed by atoms with Crippen molar-refractivity contribution in [3.05, 3.63) is 229 Å². The van der Waals surface area contributed by atoms with Gasteiger partial charge in [0.05, 0.1) is 65.2 Å². The van der Waals surface area contributed by atoms with Crippen LogP contribution in [0.2, 0.25) is 0 Å². The molecule has 0 aromatic heterocycles. The maximum atomic E-state index is 14.6. The Bertz CT molecular complexity index is 3650. The zero-order valence-electron chi connectivity index (χ0n) is 52.9. The minimum atomic E-state index is -3.69. The van der Waals surface area contributed by atoms with Gasteiger partial charge in [-0.05, 0) is 172 Å². The summed E-state index contributed by atoms with van der Waals surface area (Å²) in [5.41, 5.74) is 2.65. The number of aliphatic hydroxyl groups is 2. The number of amides is 5. The lowest BCUT2D eigenvalue weighted by Gasteiger charge is -2.23. The van der Waals surface area contributed by atoms with Gasteiger partial charge < -0.3 is 55.3 Å². The number of carbonyl (C=O) groups excluding carboxylic acids is 5. The van der Waals surface area contributed by atoms with Gasteiger partial charge in [0.25, 0.3) is 5.91 Å². The van der Waals surface area contributed by atoms with Gasteiger partial charge in [-0.15, -0.1) is 0 Å². The maximum absolute atomic E-state index is 14.6. The van der Waals surface area contributed by atoms with E-state index in [0.717, 1.165) is 30.4 Å². The quantitative estimate of drug-likeness (QED) is 0.0149. The number of anilines is 2. The lowest BCUT2D eigenvalue weighted by Crippen LogP contribution is -2.43. The molecule has 8 rings (SSSR count). The Morgan fingerprint density at radius 3 is 1.41 bits per heavy atom. The van der Waals surface area contributed by atoms with Crippen LogP contribution < -0.4 is 66.3 Å². The van der Waals surface area contributed by atoms with Crippen molar-refractivity contribution in [2.75, 3.05) is 36.9 Å². The van der Waals surface area contributed by atoms with E-state index in [1.165, 1.54) is 6.07 Å². The fourth-order valence-electron chi connectivity index (χ4n) is 9.39. The highest BCUT2D eigenvalue weighted by molar-refractivity contribution is 7.75. The van der Waals surface area contributed by atoms with E-state index in [1.54, 1.807) is 172 Å². The number of hydrogen-bond acceptors (Lipinski definition) is 13. The highest BCUT2D eigenvalue weighted by atomic mass is 31.2. The summed E-state index contributed by atoms with van der Waals surface area (Å²) in [5, 5.41) is 35.7. The molecule has 0 saturated heterocycles. The number of rotatable bonds is 33. The normalized spacial score (nSPS) is 12.1. The molecule has 3 atom stereocenters. The number of unbranched alkanes of at least 4 members (excludes halogenated alkanes) is 2. The summed E-state index contributed by atoms with van der Waals surface area (Å²) in [6.07, 6.45) is 3.39. The van der Waals surface area contributed by atoms with Crippen LogP contribution in [0.15, 0.2) is 212 Å². The minimum absolute atomic E-state index is 0.0331. The molecule has 0 bridgehead atoms. The van der Waals surface area contributed by atoms with Crippen molar-refractivity contribution in [2.24, 2.45) is 0 Å². The topological polar surface area (TPSA) is 257 Å². The van der Waals surface area contributed by atoms with E-state index in [2.05, 4.69) is 26.6 Å². The van der Waals surface area contributed by atoms with Crippen molar-refractivity contribution in [1.29, 1.82) is 0 Å². The largest absolute Gasteiger partial charge is 0.493 e. The molecule has 8 aromatic rings. The first-order chi connectivity index (χ1) is 45.0. The Morgan fingerprint density at radius 2 is 0.935 bits per heavy atom. The van der Waals surface area contributed by atoms with Gasteiger partial charge in [-0.2, -0.15) is 0 Å². The van der Waals surface area contributed by atoms with Crippen LogP contribution in [0, 0.1) is 0 Å². The maximum Gasteiger partial charge on any atom is 0.306 e. The van der Waals surface area contributed by atoms with Crippen molar-refractivity contribution in [1.82, 2.24) is 16.0 Å². The molecule has 0 aliphatic carbocycles. The molecule has 0 heterocycles. The Hall–Kier alpha value is -9.31. The van der Waals surface area contributed by atoms with Crippen molar-refractivity contribution in [3.63, 3.8) is 0 Å². The Labute approximate surface area is 544 Å². The molecule has 3 unspecified atom stereocenters. The van der Waals surface area contributed by atoms with Gasteiger partial charge >= 0.3 is 14.7 Å². The molecule has 0 radical (unpaired) electrons. The SMILES string of the molecule is CCCCC(=O)NC(CCCCNC(=O)CCOc1ccc(C(C)O)cc1)C(=O)Nc1ccc(OP(=O)(c2ccccc2)c2ccccc2)cc1.CCCNC(=O)c1ccc(NC(=O)CCOc2ccc(C(C)O)cc2)c(OP(=O)(c2ccccc2)c2ccccc2)c1. The molecule has 488 valence electrons. The van der Waals surface area contributed by atoms with Crippen molar-refractivity contribution in [3.8, 4) is 23.0 Å². The molecule has 0 spiro atoms. The van der Waals surface area contributed by atoms with E-state index in [-0.39, 0.29) is 67.0 Å². The second-order valence-electron chi connectivity index (χ2n) is 21.9. The van der Waals surface area contributed by atoms with E-state index in [0.29, 0.717) is 88.5 Å². The molecule has 0 fully saturated rings. The van der Waals surface area contributed by atoms with Crippen LogP contribution in [0.25, 0.3) is 0 Å². The number of benzene rings is 8. The summed E-state index contributed by atoms with van der Waals surface area (Å²) in [6.45, 7) is 8.59.